The van der Waals surface area contributed by atoms with Gasteiger partial charge in [-0.15, -0.1) is 0 Å². The molecule has 150 valence electrons. The first-order valence-corrected chi connectivity index (χ1v) is 10.2. The van der Waals surface area contributed by atoms with Gasteiger partial charge in [-0.25, -0.2) is 0 Å². The van der Waals surface area contributed by atoms with Gasteiger partial charge >= 0.3 is 0 Å². The largest absolute Gasteiger partial charge is 0.368 e. The minimum absolute atomic E-state index is 0.261. The van der Waals surface area contributed by atoms with Crippen LogP contribution in [0.3, 0.4) is 0 Å². The summed E-state index contributed by atoms with van der Waals surface area (Å²) < 4.78 is 0. The fraction of sp³-hybridized carbons (Fsp3) is 0.318. The Hall–Kier alpha value is -3.03. The summed E-state index contributed by atoms with van der Waals surface area (Å²) in [6.07, 6.45) is 0. The number of benzene rings is 2. The number of hydrogen-bond acceptors (Lipinski definition) is 5. The standard InChI is InChI=1S/C22H27N7/c1-17-7-9-19(10-8-17)24-22-26-20(25-21(23)27-22)16-29-13-11-28(12-14-29)15-18-5-3-2-4-6-18/h2-10H,11-16H2,1H3,(H3,23,24,25,26,27)/p+2. The Morgan fingerprint density at radius 3 is 2.17 bits per heavy atom. The number of nitrogens with zero attached hydrogens (tertiary/aromatic N) is 3. The molecule has 7 heteroatoms. The molecule has 4 rings (SSSR count). The van der Waals surface area contributed by atoms with Gasteiger partial charge in [0.1, 0.15) is 39.3 Å². The van der Waals surface area contributed by atoms with Crippen LogP contribution in [-0.4, -0.2) is 41.1 Å². The Labute approximate surface area is 171 Å². The van der Waals surface area contributed by atoms with Crippen molar-refractivity contribution in [3.63, 3.8) is 0 Å². The van der Waals surface area contributed by atoms with Gasteiger partial charge in [0, 0.05) is 11.3 Å². The number of piperazine rings is 1. The average Bonchev–Trinajstić information content (AvgIpc) is 2.72. The summed E-state index contributed by atoms with van der Waals surface area (Å²) in [5, 5.41) is 3.23. The van der Waals surface area contributed by atoms with Crippen LogP contribution in [0, 0.1) is 6.92 Å². The zero-order valence-corrected chi connectivity index (χ0v) is 16.9. The van der Waals surface area contributed by atoms with Crippen molar-refractivity contribution >= 4 is 17.6 Å². The van der Waals surface area contributed by atoms with Crippen LogP contribution < -0.4 is 20.9 Å². The second-order valence-electron chi connectivity index (χ2n) is 7.76. The van der Waals surface area contributed by atoms with Crippen LogP contribution >= 0.6 is 0 Å². The Balaban J connectivity index is 1.33. The SMILES string of the molecule is Cc1ccc(Nc2nc(N)nc(C[NH+]3CC[NH+](Cc4ccccc4)CC3)n2)cc1. The maximum absolute atomic E-state index is 5.93. The summed E-state index contributed by atoms with van der Waals surface area (Å²) in [4.78, 5) is 16.3. The van der Waals surface area contributed by atoms with Crippen LogP contribution in [0.25, 0.3) is 0 Å². The molecular weight excluding hydrogens is 362 g/mol. The predicted octanol–water partition coefficient (Wildman–Crippen LogP) is -0.0106. The molecular formula is C22H29N7+2. The molecule has 5 N–H and O–H groups in total. The minimum Gasteiger partial charge on any atom is -0.368 e. The Kier molecular flexibility index (Phi) is 5.97. The maximum Gasteiger partial charge on any atom is 0.232 e. The minimum atomic E-state index is 0.261. The van der Waals surface area contributed by atoms with E-state index in [0.29, 0.717) is 5.95 Å². The van der Waals surface area contributed by atoms with Gasteiger partial charge in [-0.3, -0.25) is 0 Å². The molecule has 0 saturated carbocycles. The number of nitrogens with one attached hydrogen (secondary N) is 3. The Bertz CT molecular complexity index is 920. The van der Waals surface area contributed by atoms with E-state index in [2.05, 4.69) is 69.7 Å². The number of rotatable bonds is 6. The van der Waals surface area contributed by atoms with Gasteiger partial charge in [-0.1, -0.05) is 48.0 Å². The molecule has 7 nitrogen and oxygen atoms in total. The summed E-state index contributed by atoms with van der Waals surface area (Å²) in [6.45, 7) is 8.44. The highest BCUT2D eigenvalue weighted by molar-refractivity contribution is 5.54. The van der Waals surface area contributed by atoms with Gasteiger partial charge in [-0.05, 0) is 19.1 Å². The molecule has 0 bridgehead atoms. The zero-order valence-electron chi connectivity index (χ0n) is 16.9. The molecule has 3 aromatic rings. The summed E-state index contributed by atoms with van der Waals surface area (Å²) >= 11 is 0. The highest BCUT2D eigenvalue weighted by atomic mass is 15.3. The zero-order chi connectivity index (χ0) is 20.1. The van der Waals surface area contributed by atoms with Crippen molar-refractivity contribution in [3.8, 4) is 0 Å². The molecule has 1 saturated heterocycles. The van der Waals surface area contributed by atoms with E-state index in [-0.39, 0.29) is 5.95 Å². The number of nitrogen functional groups attached to an aromatic ring is 1. The van der Waals surface area contributed by atoms with E-state index in [1.165, 1.54) is 16.0 Å². The molecule has 0 spiro atoms. The third kappa shape index (κ3) is 5.49. The molecule has 2 heterocycles. The fourth-order valence-corrected chi connectivity index (χ4v) is 3.76. The first-order valence-electron chi connectivity index (χ1n) is 10.2. The quantitative estimate of drug-likeness (QED) is 0.475. The summed E-state index contributed by atoms with van der Waals surface area (Å²) in [5.41, 5.74) is 9.49. The van der Waals surface area contributed by atoms with Gasteiger partial charge in [0.15, 0.2) is 5.82 Å². The Morgan fingerprint density at radius 2 is 1.48 bits per heavy atom. The van der Waals surface area contributed by atoms with Crippen molar-refractivity contribution in [1.29, 1.82) is 0 Å². The number of hydrogen-bond donors (Lipinski definition) is 4. The third-order valence-corrected chi connectivity index (χ3v) is 5.38. The highest BCUT2D eigenvalue weighted by Gasteiger charge is 2.24. The van der Waals surface area contributed by atoms with Crippen LogP contribution in [0.4, 0.5) is 17.6 Å². The topological polar surface area (TPSA) is 85.6 Å². The van der Waals surface area contributed by atoms with Gasteiger partial charge in [-0.2, -0.15) is 15.0 Å². The lowest BCUT2D eigenvalue weighted by Gasteiger charge is -2.29. The van der Waals surface area contributed by atoms with Crippen LogP contribution in [0.1, 0.15) is 17.0 Å². The molecule has 0 atom stereocenters. The molecule has 0 radical (unpaired) electrons. The summed E-state index contributed by atoms with van der Waals surface area (Å²) in [5.74, 6) is 1.51. The third-order valence-electron chi connectivity index (χ3n) is 5.38. The van der Waals surface area contributed by atoms with Gasteiger partial charge in [0.25, 0.3) is 0 Å². The van der Waals surface area contributed by atoms with Crippen LogP contribution in [0.5, 0.6) is 0 Å². The first kappa shape index (κ1) is 19.3. The highest BCUT2D eigenvalue weighted by Crippen LogP contribution is 2.14. The van der Waals surface area contributed by atoms with Crippen LogP contribution in [0.15, 0.2) is 54.6 Å². The van der Waals surface area contributed by atoms with Crippen molar-refractivity contribution in [2.75, 3.05) is 37.2 Å². The van der Waals surface area contributed by atoms with Gasteiger partial charge < -0.3 is 20.9 Å². The number of anilines is 3. The van der Waals surface area contributed by atoms with E-state index in [0.717, 1.165) is 50.8 Å². The molecule has 1 fully saturated rings. The van der Waals surface area contributed by atoms with E-state index in [4.69, 9.17) is 5.73 Å². The lowest BCUT2D eigenvalue weighted by Crippen LogP contribution is -3.27. The second kappa shape index (κ2) is 8.98. The van der Waals surface area contributed by atoms with Crippen LogP contribution in [0.2, 0.25) is 0 Å². The van der Waals surface area contributed by atoms with E-state index in [1.807, 2.05) is 12.1 Å². The average molecular weight is 392 g/mol. The smallest absolute Gasteiger partial charge is 0.232 e. The molecule has 1 aliphatic rings. The lowest BCUT2D eigenvalue weighted by atomic mass is 10.2. The second-order valence-corrected chi connectivity index (χ2v) is 7.76. The van der Waals surface area contributed by atoms with Gasteiger partial charge in [0.2, 0.25) is 11.9 Å². The number of aryl methyl sites for hydroxylation is 1. The summed E-state index contributed by atoms with van der Waals surface area (Å²) in [6, 6.07) is 18.8. The van der Waals surface area contributed by atoms with E-state index >= 15 is 0 Å². The van der Waals surface area contributed by atoms with Gasteiger partial charge in [0.05, 0.1) is 0 Å². The maximum atomic E-state index is 5.93. The number of nitrogens with two attached hydrogens (primary N) is 1. The number of aromatic nitrogens is 3. The Morgan fingerprint density at radius 1 is 0.828 bits per heavy atom. The van der Waals surface area contributed by atoms with Crippen molar-refractivity contribution in [3.05, 3.63) is 71.5 Å². The molecule has 2 aromatic carbocycles. The summed E-state index contributed by atoms with van der Waals surface area (Å²) in [7, 11) is 0. The van der Waals surface area contributed by atoms with E-state index in [9.17, 15) is 0 Å². The number of quaternary nitrogens is 2. The van der Waals surface area contributed by atoms with Crippen molar-refractivity contribution in [2.45, 2.75) is 20.0 Å². The molecule has 0 unspecified atom stereocenters. The molecule has 29 heavy (non-hydrogen) atoms. The van der Waals surface area contributed by atoms with E-state index < -0.39 is 0 Å². The van der Waals surface area contributed by atoms with Crippen molar-refractivity contribution in [1.82, 2.24) is 15.0 Å². The molecule has 1 aliphatic heterocycles. The molecule has 0 aliphatic carbocycles. The first-order chi connectivity index (χ1) is 14.1. The monoisotopic (exact) mass is 391 g/mol. The predicted molar refractivity (Wildman–Crippen MR) is 114 cm³/mol. The van der Waals surface area contributed by atoms with E-state index in [1.54, 1.807) is 4.90 Å². The van der Waals surface area contributed by atoms with Crippen molar-refractivity contribution in [2.24, 2.45) is 0 Å². The molecule has 1 aromatic heterocycles. The molecule has 0 amide bonds. The van der Waals surface area contributed by atoms with Crippen molar-refractivity contribution < 1.29 is 9.80 Å². The normalized spacial score (nSPS) is 19.1. The lowest BCUT2D eigenvalue weighted by molar-refractivity contribution is -1.02. The van der Waals surface area contributed by atoms with Crippen LogP contribution in [-0.2, 0) is 13.1 Å². The fourth-order valence-electron chi connectivity index (χ4n) is 3.76.